The smallest absolute Gasteiger partial charge is 0.317 e. The van der Waals surface area contributed by atoms with Crippen LogP contribution in [0.1, 0.15) is 32.3 Å². The zero-order valence-corrected chi connectivity index (χ0v) is 19.5. The van der Waals surface area contributed by atoms with Gasteiger partial charge in [0, 0.05) is 29.6 Å². The summed E-state index contributed by atoms with van der Waals surface area (Å²) in [5, 5.41) is 2.86. The molecule has 1 saturated carbocycles. The Kier molecular flexibility index (Phi) is 6.46. The van der Waals surface area contributed by atoms with Crippen molar-refractivity contribution in [3.8, 4) is 11.1 Å². The summed E-state index contributed by atoms with van der Waals surface area (Å²) in [6.45, 7) is 4.01. The van der Waals surface area contributed by atoms with E-state index in [4.69, 9.17) is 0 Å². The minimum atomic E-state index is -4.16. The molecule has 2 fully saturated rings. The summed E-state index contributed by atoms with van der Waals surface area (Å²) >= 11 is 0. The van der Waals surface area contributed by atoms with Crippen LogP contribution >= 0.6 is 0 Å². The first-order valence-corrected chi connectivity index (χ1v) is 12.8. The highest BCUT2D eigenvalue weighted by molar-refractivity contribution is 7.89. The van der Waals surface area contributed by atoms with Gasteiger partial charge in [0.1, 0.15) is 5.82 Å². The van der Waals surface area contributed by atoms with Gasteiger partial charge < -0.3 is 10.2 Å². The van der Waals surface area contributed by atoms with Crippen LogP contribution < -0.4 is 10.0 Å². The summed E-state index contributed by atoms with van der Waals surface area (Å²) in [5.41, 5.74) is 1.09. The van der Waals surface area contributed by atoms with E-state index < -0.39 is 39.3 Å². The maximum Gasteiger partial charge on any atom is 0.317 e. The number of hydrogen-bond acceptors (Lipinski definition) is 3. The van der Waals surface area contributed by atoms with Crippen molar-refractivity contribution in [3.05, 3.63) is 59.9 Å². The number of likely N-dealkylation sites (tertiary alicyclic amines) is 1. The van der Waals surface area contributed by atoms with E-state index in [0.29, 0.717) is 17.7 Å². The molecule has 178 valence electrons. The molecule has 4 rings (SSSR count). The molecule has 0 radical (unpaired) electrons. The molecule has 2 aliphatic rings. The van der Waals surface area contributed by atoms with E-state index >= 15 is 4.39 Å². The standard InChI is InChI=1S/C24H29F2N3O3S/c1-16(2)27-23(30)29-14-24(11-12-24)22(28-33(31,32)15-25)20(29)13-18-9-6-10-19(21(18)26)17-7-4-3-5-8-17/h3-10,16,20,22,28H,11-15H2,1-2H3,(H,27,30)/t20-,22+/m0/s1. The molecule has 9 heteroatoms. The van der Waals surface area contributed by atoms with Gasteiger partial charge in [0.25, 0.3) is 0 Å². The average molecular weight is 478 g/mol. The van der Waals surface area contributed by atoms with Crippen LogP contribution in [0.25, 0.3) is 11.1 Å². The average Bonchev–Trinajstić information content (AvgIpc) is 3.50. The highest BCUT2D eigenvalue weighted by atomic mass is 32.2. The normalized spacial score (nSPS) is 21.5. The van der Waals surface area contributed by atoms with Gasteiger partial charge in [-0.1, -0.05) is 48.5 Å². The molecule has 1 aliphatic carbocycles. The predicted octanol–water partition coefficient (Wildman–Crippen LogP) is 3.83. The summed E-state index contributed by atoms with van der Waals surface area (Å²) in [7, 11) is -4.16. The SMILES string of the molecule is CC(C)NC(=O)N1CC2(CC2)[C@H](NS(=O)(=O)CF)[C@@H]1Cc1cccc(-c2ccccc2)c1F. The maximum atomic E-state index is 15.6. The second-order valence-corrected chi connectivity index (χ2v) is 11.0. The van der Waals surface area contributed by atoms with Gasteiger partial charge in [-0.25, -0.2) is 26.7 Å². The zero-order valence-electron chi connectivity index (χ0n) is 18.7. The first kappa shape index (κ1) is 23.6. The van der Waals surface area contributed by atoms with Gasteiger partial charge in [0.05, 0.1) is 6.04 Å². The first-order valence-electron chi connectivity index (χ1n) is 11.1. The van der Waals surface area contributed by atoms with Gasteiger partial charge in [-0.15, -0.1) is 0 Å². The molecule has 2 aromatic rings. The third kappa shape index (κ3) is 4.89. The van der Waals surface area contributed by atoms with Gasteiger partial charge in [-0.05, 0) is 44.2 Å². The van der Waals surface area contributed by atoms with Gasteiger partial charge >= 0.3 is 6.03 Å². The molecule has 2 N–H and O–H groups in total. The van der Waals surface area contributed by atoms with E-state index in [1.54, 1.807) is 23.1 Å². The second kappa shape index (κ2) is 9.02. The number of carbonyl (C=O) groups is 1. The van der Waals surface area contributed by atoms with E-state index in [-0.39, 0.29) is 18.5 Å². The van der Waals surface area contributed by atoms with Gasteiger partial charge in [-0.2, -0.15) is 0 Å². The molecule has 0 unspecified atom stereocenters. The number of alkyl halides is 1. The Morgan fingerprint density at radius 1 is 1.15 bits per heavy atom. The number of benzene rings is 2. The van der Waals surface area contributed by atoms with Crippen LogP contribution in [0.4, 0.5) is 13.6 Å². The molecule has 1 heterocycles. The summed E-state index contributed by atoms with van der Waals surface area (Å²) < 4.78 is 55.5. The van der Waals surface area contributed by atoms with Crippen molar-refractivity contribution in [1.82, 2.24) is 14.9 Å². The number of rotatable bonds is 7. The van der Waals surface area contributed by atoms with Crippen LogP contribution in [-0.4, -0.2) is 50.0 Å². The highest BCUT2D eigenvalue weighted by Gasteiger charge is 2.61. The lowest BCUT2D eigenvalue weighted by atomic mass is 9.91. The van der Waals surface area contributed by atoms with Crippen LogP contribution in [0.5, 0.6) is 0 Å². The summed E-state index contributed by atoms with van der Waals surface area (Å²) in [5.74, 6) is -0.406. The molecule has 2 amide bonds. The van der Waals surface area contributed by atoms with E-state index in [1.165, 1.54) is 0 Å². The monoisotopic (exact) mass is 477 g/mol. The lowest BCUT2D eigenvalue weighted by Gasteiger charge is -2.30. The van der Waals surface area contributed by atoms with Gasteiger partial charge in [-0.3, -0.25) is 0 Å². The zero-order chi connectivity index (χ0) is 23.8. The van der Waals surface area contributed by atoms with Gasteiger partial charge in [0.2, 0.25) is 16.0 Å². The quantitative estimate of drug-likeness (QED) is 0.636. The maximum absolute atomic E-state index is 15.6. The fourth-order valence-electron chi connectivity index (χ4n) is 4.78. The Morgan fingerprint density at radius 3 is 2.45 bits per heavy atom. The number of nitrogens with zero attached hydrogens (tertiary/aromatic N) is 1. The van der Waals surface area contributed by atoms with Crippen molar-refractivity contribution in [2.24, 2.45) is 5.41 Å². The molecule has 0 aromatic heterocycles. The summed E-state index contributed by atoms with van der Waals surface area (Å²) in [6.07, 6.45) is 1.56. The van der Waals surface area contributed by atoms with Crippen molar-refractivity contribution < 1.29 is 22.0 Å². The van der Waals surface area contributed by atoms with Crippen LogP contribution in [0.3, 0.4) is 0 Å². The van der Waals surface area contributed by atoms with Crippen molar-refractivity contribution in [3.63, 3.8) is 0 Å². The lowest BCUT2D eigenvalue weighted by Crippen LogP contribution is -2.52. The topological polar surface area (TPSA) is 78.5 Å². The molecule has 1 spiro atoms. The Labute approximate surface area is 193 Å². The molecule has 0 bridgehead atoms. The number of hydrogen-bond donors (Lipinski definition) is 2. The number of amides is 2. The molecule has 6 nitrogen and oxygen atoms in total. The molecule has 1 saturated heterocycles. The minimum absolute atomic E-state index is 0.110. The lowest BCUT2D eigenvalue weighted by molar-refractivity contribution is 0.186. The van der Waals surface area contributed by atoms with E-state index in [0.717, 1.165) is 18.4 Å². The molecule has 33 heavy (non-hydrogen) atoms. The minimum Gasteiger partial charge on any atom is -0.336 e. The van der Waals surface area contributed by atoms with Crippen molar-refractivity contribution >= 4 is 16.1 Å². The Balaban J connectivity index is 1.70. The first-order chi connectivity index (χ1) is 15.7. The van der Waals surface area contributed by atoms with Crippen molar-refractivity contribution in [1.29, 1.82) is 0 Å². The molecular weight excluding hydrogens is 448 g/mol. The Bertz CT molecular complexity index is 1120. The van der Waals surface area contributed by atoms with Crippen molar-refractivity contribution in [2.45, 2.75) is 51.2 Å². The number of carbonyl (C=O) groups excluding carboxylic acids is 1. The van der Waals surface area contributed by atoms with Crippen LogP contribution in [0.2, 0.25) is 0 Å². The number of halogens is 2. The fraction of sp³-hybridized carbons (Fsp3) is 0.458. The van der Waals surface area contributed by atoms with Crippen molar-refractivity contribution in [2.75, 3.05) is 12.6 Å². The number of urea groups is 1. The third-order valence-corrected chi connectivity index (χ3v) is 7.44. The fourth-order valence-corrected chi connectivity index (χ4v) is 5.64. The molecular formula is C24H29F2N3O3S. The predicted molar refractivity (Wildman–Crippen MR) is 123 cm³/mol. The van der Waals surface area contributed by atoms with E-state index in [2.05, 4.69) is 10.0 Å². The number of nitrogens with one attached hydrogen (secondary N) is 2. The molecule has 2 aromatic carbocycles. The Hall–Kier alpha value is -2.52. The van der Waals surface area contributed by atoms with E-state index in [1.807, 2.05) is 44.2 Å². The Morgan fingerprint density at radius 2 is 1.85 bits per heavy atom. The number of sulfonamides is 1. The van der Waals surface area contributed by atoms with Crippen LogP contribution in [-0.2, 0) is 16.4 Å². The molecule has 2 atom stereocenters. The summed E-state index contributed by atoms with van der Waals surface area (Å²) in [6, 6.07) is 10.9. The van der Waals surface area contributed by atoms with E-state index in [9.17, 15) is 17.6 Å². The largest absolute Gasteiger partial charge is 0.336 e. The summed E-state index contributed by atoms with van der Waals surface area (Å²) in [4.78, 5) is 14.6. The third-order valence-electron chi connectivity index (χ3n) is 6.54. The second-order valence-electron chi connectivity index (χ2n) is 9.33. The molecule has 1 aliphatic heterocycles. The van der Waals surface area contributed by atoms with Crippen LogP contribution in [0, 0.1) is 11.2 Å². The van der Waals surface area contributed by atoms with Crippen LogP contribution in [0.15, 0.2) is 48.5 Å². The van der Waals surface area contributed by atoms with Gasteiger partial charge in [0.15, 0.2) is 0 Å². The highest BCUT2D eigenvalue weighted by Crippen LogP contribution is 2.55.